The number of carbonyl (C=O) groups excluding carboxylic acids is 2. The molecular formula is C19H23BrN6O2. The molecule has 0 bridgehead atoms. The first kappa shape index (κ1) is 20.1. The number of carbonyl (C=O) groups is 2. The van der Waals surface area contributed by atoms with Gasteiger partial charge in [0, 0.05) is 61.7 Å². The zero-order chi connectivity index (χ0) is 19.9. The van der Waals surface area contributed by atoms with Crippen molar-refractivity contribution in [3.63, 3.8) is 0 Å². The molecule has 2 N–H and O–H groups in total. The second-order valence-electron chi connectivity index (χ2n) is 6.51. The quantitative estimate of drug-likeness (QED) is 0.735. The Balaban J connectivity index is 1.38. The average Bonchev–Trinajstić information content (AvgIpc) is 2.71. The van der Waals surface area contributed by atoms with Crippen molar-refractivity contribution in [1.82, 2.24) is 20.2 Å². The van der Waals surface area contributed by atoms with E-state index in [4.69, 9.17) is 0 Å². The van der Waals surface area contributed by atoms with E-state index in [-0.39, 0.29) is 18.4 Å². The van der Waals surface area contributed by atoms with E-state index in [2.05, 4.69) is 41.4 Å². The van der Waals surface area contributed by atoms with Gasteiger partial charge in [-0.15, -0.1) is 0 Å². The molecule has 0 saturated carbocycles. The standard InChI is InChI=1S/C19H23BrN6O2/c1-14-13-15(20)3-4-16(14)24-19(28)23-8-5-17(27)25-9-11-26(12-10-25)18-21-6-2-7-22-18/h2-4,6-7,13H,5,8-12H2,1H3,(H2,23,24,28). The number of aromatic nitrogens is 2. The molecule has 0 atom stereocenters. The van der Waals surface area contributed by atoms with Crippen molar-refractivity contribution >= 4 is 39.5 Å². The maximum Gasteiger partial charge on any atom is 0.319 e. The Hall–Kier alpha value is -2.68. The van der Waals surface area contributed by atoms with Crippen LogP contribution in [0.5, 0.6) is 0 Å². The molecule has 1 aliphatic rings. The molecule has 0 unspecified atom stereocenters. The predicted octanol–water partition coefficient (Wildman–Crippen LogP) is 2.41. The zero-order valence-electron chi connectivity index (χ0n) is 15.7. The van der Waals surface area contributed by atoms with Gasteiger partial charge in [0.1, 0.15) is 0 Å². The van der Waals surface area contributed by atoms with E-state index in [1.807, 2.05) is 30.0 Å². The van der Waals surface area contributed by atoms with E-state index in [1.165, 1.54) is 0 Å². The first-order chi connectivity index (χ1) is 13.5. The minimum atomic E-state index is -0.315. The van der Waals surface area contributed by atoms with Gasteiger partial charge in [-0.3, -0.25) is 4.79 Å². The highest BCUT2D eigenvalue weighted by Crippen LogP contribution is 2.19. The number of nitrogens with zero attached hydrogens (tertiary/aromatic N) is 4. The second kappa shape index (κ2) is 9.50. The molecule has 9 heteroatoms. The first-order valence-corrected chi connectivity index (χ1v) is 9.93. The van der Waals surface area contributed by atoms with Crippen molar-refractivity contribution in [1.29, 1.82) is 0 Å². The largest absolute Gasteiger partial charge is 0.339 e. The SMILES string of the molecule is Cc1cc(Br)ccc1NC(=O)NCCC(=O)N1CCN(c2ncccn2)CC1. The van der Waals surface area contributed by atoms with Crippen LogP contribution in [0.1, 0.15) is 12.0 Å². The molecule has 2 aromatic rings. The number of piperazine rings is 1. The normalized spacial score (nSPS) is 13.9. The minimum absolute atomic E-state index is 0.0359. The lowest BCUT2D eigenvalue weighted by Gasteiger charge is -2.34. The van der Waals surface area contributed by atoms with E-state index in [0.29, 0.717) is 38.7 Å². The van der Waals surface area contributed by atoms with Crippen molar-refractivity contribution < 1.29 is 9.59 Å². The summed E-state index contributed by atoms with van der Waals surface area (Å²) in [5.74, 6) is 0.727. The number of hydrogen-bond acceptors (Lipinski definition) is 5. The maximum absolute atomic E-state index is 12.4. The third kappa shape index (κ3) is 5.41. The monoisotopic (exact) mass is 446 g/mol. The summed E-state index contributed by atoms with van der Waals surface area (Å²) in [6.07, 6.45) is 3.70. The summed E-state index contributed by atoms with van der Waals surface area (Å²) in [7, 11) is 0. The van der Waals surface area contributed by atoms with Crippen LogP contribution in [-0.2, 0) is 4.79 Å². The van der Waals surface area contributed by atoms with Gasteiger partial charge >= 0.3 is 6.03 Å². The summed E-state index contributed by atoms with van der Waals surface area (Å²) >= 11 is 3.39. The van der Waals surface area contributed by atoms with Gasteiger partial charge in [0.2, 0.25) is 11.9 Å². The van der Waals surface area contributed by atoms with Gasteiger partial charge in [-0.1, -0.05) is 15.9 Å². The lowest BCUT2D eigenvalue weighted by atomic mass is 10.2. The highest BCUT2D eigenvalue weighted by atomic mass is 79.9. The molecule has 0 spiro atoms. The Kier molecular flexibility index (Phi) is 6.80. The smallest absolute Gasteiger partial charge is 0.319 e. The van der Waals surface area contributed by atoms with Crippen molar-refractivity contribution in [2.75, 3.05) is 42.9 Å². The van der Waals surface area contributed by atoms with E-state index >= 15 is 0 Å². The molecule has 28 heavy (non-hydrogen) atoms. The van der Waals surface area contributed by atoms with Gasteiger partial charge in [0.15, 0.2) is 0 Å². The summed E-state index contributed by atoms with van der Waals surface area (Å²) in [5, 5.41) is 5.54. The molecule has 3 amide bonds. The maximum atomic E-state index is 12.4. The second-order valence-corrected chi connectivity index (χ2v) is 7.42. The molecule has 1 saturated heterocycles. The fraction of sp³-hybridized carbons (Fsp3) is 0.368. The molecule has 0 radical (unpaired) electrons. The van der Waals surface area contributed by atoms with Gasteiger partial charge in [0.05, 0.1) is 0 Å². The number of aryl methyl sites for hydroxylation is 1. The van der Waals surface area contributed by atoms with E-state index in [1.54, 1.807) is 18.5 Å². The number of amides is 3. The van der Waals surface area contributed by atoms with Crippen LogP contribution < -0.4 is 15.5 Å². The van der Waals surface area contributed by atoms with Crippen LogP contribution in [-0.4, -0.2) is 59.5 Å². The molecular weight excluding hydrogens is 424 g/mol. The van der Waals surface area contributed by atoms with Crippen LogP contribution in [0.3, 0.4) is 0 Å². The van der Waals surface area contributed by atoms with Gasteiger partial charge in [-0.05, 0) is 36.8 Å². The summed E-state index contributed by atoms with van der Waals surface area (Å²) in [5.41, 5.74) is 1.70. The number of hydrogen-bond donors (Lipinski definition) is 2. The third-order valence-corrected chi connectivity index (χ3v) is 5.02. The van der Waals surface area contributed by atoms with E-state index < -0.39 is 0 Å². The van der Waals surface area contributed by atoms with Crippen LogP contribution in [0.25, 0.3) is 0 Å². The highest BCUT2D eigenvalue weighted by molar-refractivity contribution is 9.10. The summed E-state index contributed by atoms with van der Waals surface area (Å²) in [6.45, 7) is 4.87. The lowest BCUT2D eigenvalue weighted by Crippen LogP contribution is -2.49. The lowest BCUT2D eigenvalue weighted by molar-refractivity contribution is -0.131. The van der Waals surface area contributed by atoms with Crippen molar-refractivity contribution in [3.8, 4) is 0 Å². The third-order valence-electron chi connectivity index (χ3n) is 4.53. The van der Waals surface area contributed by atoms with Crippen molar-refractivity contribution in [2.45, 2.75) is 13.3 Å². The molecule has 2 heterocycles. The Morgan fingerprint density at radius 1 is 1.14 bits per heavy atom. The molecule has 0 aliphatic carbocycles. The number of benzene rings is 1. The van der Waals surface area contributed by atoms with Gasteiger partial charge < -0.3 is 20.4 Å². The van der Waals surface area contributed by atoms with Gasteiger partial charge in [-0.2, -0.15) is 0 Å². The summed E-state index contributed by atoms with van der Waals surface area (Å²) in [4.78, 5) is 36.8. The van der Waals surface area contributed by atoms with Crippen molar-refractivity contribution in [3.05, 3.63) is 46.7 Å². The van der Waals surface area contributed by atoms with Crippen molar-refractivity contribution in [2.24, 2.45) is 0 Å². The van der Waals surface area contributed by atoms with E-state index in [9.17, 15) is 9.59 Å². The number of halogens is 1. The first-order valence-electron chi connectivity index (χ1n) is 9.13. The highest BCUT2D eigenvalue weighted by Gasteiger charge is 2.22. The number of urea groups is 1. The predicted molar refractivity (Wildman–Crippen MR) is 111 cm³/mol. The molecule has 148 valence electrons. The summed E-state index contributed by atoms with van der Waals surface area (Å²) in [6, 6.07) is 7.10. The molecule has 1 aliphatic heterocycles. The van der Waals surface area contributed by atoms with Gasteiger partial charge in [0.25, 0.3) is 0 Å². The van der Waals surface area contributed by atoms with Crippen LogP contribution in [0.4, 0.5) is 16.4 Å². The van der Waals surface area contributed by atoms with E-state index in [0.717, 1.165) is 15.7 Å². The van der Waals surface area contributed by atoms with Crippen LogP contribution in [0.15, 0.2) is 41.1 Å². The minimum Gasteiger partial charge on any atom is -0.339 e. The number of nitrogens with one attached hydrogen (secondary N) is 2. The fourth-order valence-electron chi connectivity index (χ4n) is 2.99. The molecule has 1 aromatic heterocycles. The molecule has 8 nitrogen and oxygen atoms in total. The van der Waals surface area contributed by atoms with Crippen LogP contribution in [0, 0.1) is 6.92 Å². The number of rotatable bonds is 5. The zero-order valence-corrected chi connectivity index (χ0v) is 17.3. The fourth-order valence-corrected chi connectivity index (χ4v) is 3.46. The molecule has 3 rings (SSSR count). The Bertz CT molecular complexity index is 824. The Morgan fingerprint density at radius 2 is 1.86 bits per heavy atom. The van der Waals surface area contributed by atoms with Crippen LogP contribution >= 0.6 is 15.9 Å². The Labute approximate surface area is 172 Å². The molecule has 1 fully saturated rings. The molecule has 1 aromatic carbocycles. The topological polar surface area (TPSA) is 90.5 Å². The average molecular weight is 447 g/mol. The Morgan fingerprint density at radius 3 is 2.54 bits per heavy atom. The van der Waals surface area contributed by atoms with Gasteiger partial charge in [-0.25, -0.2) is 14.8 Å². The summed E-state index contributed by atoms with van der Waals surface area (Å²) < 4.78 is 0.959. The number of anilines is 2. The van der Waals surface area contributed by atoms with Crippen LogP contribution in [0.2, 0.25) is 0 Å².